The Balaban J connectivity index is 1.42. The molecule has 8 heteroatoms. The molecule has 4 aromatic rings. The molecular formula is C35H36ClFN2O3S. The van der Waals surface area contributed by atoms with Gasteiger partial charge in [0.1, 0.15) is 17.4 Å². The Labute approximate surface area is 261 Å². The molecule has 0 aliphatic heterocycles. The first-order chi connectivity index (χ1) is 20.6. The van der Waals surface area contributed by atoms with E-state index in [1.54, 1.807) is 53.9 Å². The first kappa shape index (κ1) is 30.8. The van der Waals surface area contributed by atoms with Crippen LogP contribution in [0.1, 0.15) is 66.0 Å². The van der Waals surface area contributed by atoms with Crippen LogP contribution < -0.4 is 14.8 Å². The third kappa shape index (κ3) is 7.64. The molecule has 0 bridgehead atoms. The number of halogens is 2. The number of carbonyl (C=O) groups excluding carboxylic acids is 1. The molecule has 0 radical (unpaired) electrons. The first-order valence-electron chi connectivity index (χ1n) is 14.5. The maximum Gasteiger partial charge on any atom is 0.259 e. The number of hydrogen-bond acceptors (Lipinski definition) is 5. The molecule has 0 unspecified atom stereocenters. The summed E-state index contributed by atoms with van der Waals surface area (Å²) in [6, 6.07) is 19.0. The minimum absolute atomic E-state index is 0.166. The average molecular weight is 619 g/mol. The lowest BCUT2D eigenvalue weighted by atomic mass is 9.72. The van der Waals surface area contributed by atoms with Crippen molar-refractivity contribution in [1.82, 2.24) is 0 Å². The summed E-state index contributed by atoms with van der Waals surface area (Å²) in [5.74, 6) is 1.27. The number of hydrogen-bond donors (Lipinski definition) is 1. The Hall–Kier alpha value is -3.68. The molecular weight excluding hydrogens is 583 g/mol. The highest BCUT2D eigenvalue weighted by Gasteiger charge is 2.33. The Kier molecular flexibility index (Phi) is 9.52. The number of ether oxygens (including phenoxy) is 2. The van der Waals surface area contributed by atoms with E-state index in [0.29, 0.717) is 45.3 Å². The molecule has 5 nitrogen and oxygen atoms in total. The van der Waals surface area contributed by atoms with Crippen LogP contribution in [0.15, 0.2) is 71.7 Å². The quantitative estimate of drug-likeness (QED) is 0.190. The fraction of sp³-hybridized carbons (Fsp3) is 0.314. The van der Waals surface area contributed by atoms with Gasteiger partial charge in [-0.1, -0.05) is 44.5 Å². The monoisotopic (exact) mass is 618 g/mol. The number of nitrogens with zero attached hydrogens (tertiary/aromatic N) is 1. The van der Waals surface area contributed by atoms with E-state index in [2.05, 4.69) is 26.1 Å². The van der Waals surface area contributed by atoms with Gasteiger partial charge in [-0.05, 0) is 109 Å². The number of anilines is 1. The lowest BCUT2D eigenvalue weighted by Gasteiger charge is -2.33. The summed E-state index contributed by atoms with van der Waals surface area (Å²) in [7, 11) is 0. The summed E-state index contributed by atoms with van der Waals surface area (Å²) in [6.07, 6.45) is 4.59. The summed E-state index contributed by atoms with van der Waals surface area (Å²) < 4.78 is 25.1. The van der Waals surface area contributed by atoms with Crippen LogP contribution in [-0.2, 0) is 19.4 Å². The standard InChI is InChI=1S/C35H36ClFN2O3S/c1-5-41-30-18-23(8-17-29(30)42-21-22-6-12-26(37)13-7-22)20-38-34-32(33(40)39-27-14-10-25(36)11-15-27)28-16-9-24(35(2,3)4)19-31(28)43-34/h6-8,10-15,17-18,20,24H,5,9,16,19,21H2,1-4H3,(H,39,40)/t24-/m0/s1. The molecule has 1 amide bonds. The highest BCUT2D eigenvalue weighted by molar-refractivity contribution is 7.16. The molecule has 0 saturated carbocycles. The minimum Gasteiger partial charge on any atom is -0.490 e. The predicted octanol–water partition coefficient (Wildman–Crippen LogP) is 9.67. The van der Waals surface area contributed by atoms with Gasteiger partial charge >= 0.3 is 0 Å². The largest absolute Gasteiger partial charge is 0.490 e. The third-order valence-electron chi connectivity index (χ3n) is 7.71. The predicted molar refractivity (Wildman–Crippen MR) is 174 cm³/mol. The van der Waals surface area contributed by atoms with Crippen molar-refractivity contribution in [2.24, 2.45) is 16.3 Å². The molecule has 1 atom stereocenters. The molecule has 1 aliphatic rings. The smallest absolute Gasteiger partial charge is 0.259 e. The van der Waals surface area contributed by atoms with Crippen LogP contribution in [-0.4, -0.2) is 18.7 Å². The van der Waals surface area contributed by atoms with Crippen LogP contribution >= 0.6 is 22.9 Å². The van der Waals surface area contributed by atoms with Crippen molar-refractivity contribution in [3.63, 3.8) is 0 Å². The second-order valence-corrected chi connectivity index (χ2v) is 13.3. The maximum atomic E-state index is 13.7. The average Bonchev–Trinajstić information content (AvgIpc) is 3.35. The molecule has 224 valence electrons. The summed E-state index contributed by atoms with van der Waals surface area (Å²) in [6.45, 7) is 9.52. The van der Waals surface area contributed by atoms with Crippen molar-refractivity contribution >= 4 is 45.7 Å². The number of amides is 1. The van der Waals surface area contributed by atoms with E-state index >= 15 is 0 Å². The summed E-state index contributed by atoms with van der Waals surface area (Å²) in [5, 5.41) is 4.35. The van der Waals surface area contributed by atoms with E-state index in [0.717, 1.165) is 36.0 Å². The Morgan fingerprint density at radius 1 is 1.07 bits per heavy atom. The van der Waals surface area contributed by atoms with Gasteiger partial charge in [-0.15, -0.1) is 11.3 Å². The molecule has 1 aliphatic carbocycles. The van der Waals surface area contributed by atoms with Gasteiger partial charge in [0, 0.05) is 21.8 Å². The zero-order chi connectivity index (χ0) is 30.6. The van der Waals surface area contributed by atoms with Crippen molar-refractivity contribution in [3.05, 3.63) is 105 Å². The van der Waals surface area contributed by atoms with Crippen LogP contribution in [0.25, 0.3) is 0 Å². The van der Waals surface area contributed by atoms with E-state index < -0.39 is 0 Å². The molecule has 1 heterocycles. The number of rotatable bonds is 9. The van der Waals surface area contributed by atoms with E-state index in [1.807, 2.05) is 25.1 Å². The maximum absolute atomic E-state index is 13.7. The second-order valence-electron chi connectivity index (χ2n) is 11.8. The van der Waals surface area contributed by atoms with Gasteiger partial charge in [0.15, 0.2) is 11.5 Å². The molecule has 3 aromatic carbocycles. The van der Waals surface area contributed by atoms with Gasteiger partial charge in [0.05, 0.1) is 12.2 Å². The molecule has 0 spiro atoms. The van der Waals surface area contributed by atoms with Gasteiger partial charge in [0.2, 0.25) is 0 Å². The van der Waals surface area contributed by atoms with Crippen LogP contribution in [0.3, 0.4) is 0 Å². The van der Waals surface area contributed by atoms with Gasteiger partial charge < -0.3 is 14.8 Å². The highest BCUT2D eigenvalue weighted by Crippen LogP contribution is 2.45. The molecule has 43 heavy (non-hydrogen) atoms. The van der Waals surface area contributed by atoms with Crippen molar-refractivity contribution in [2.45, 2.75) is 53.6 Å². The van der Waals surface area contributed by atoms with Crippen LogP contribution in [0.2, 0.25) is 5.02 Å². The zero-order valence-corrected chi connectivity index (χ0v) is 26.4. The van der Waals surface area contributed by atoms with Crippen molar-refractivity contribution in [2.75, 3.05) is 11.9 Å². The number of aliphatic imine (C=N–C) groups is 1. The fourth-order valence-corrected chi connectivity index (χ4v) is 6.62. The number of benzene rings is 3. The van der Waals surface area contributed by atoms with Gasteiger partial charge in [-0.3, -0.25) is 4.79 Å². The van der Waals surface area contributed by atoms with E-state index in [4.69, 9.17) is 26.1 Å². The first-order valence-corrected chi connectivity index (χ1v) is 15.7. The van der Waals surface area contributed by atoms with Gasteiger partial charge in [-0.25, -0.2) is 9.38 Å². The van der Waals surface area contributed by atoms with Crippen LogP contribution in [0, 0.1) is 17.2 Å². The Morgan fingerprint density at radius 3 is 2.51 bits per heavy atom. The van der Waals surface area contributed by atoms with Crippen molar-refractivity contribution in [1.29, 1.82) is 0 Å². The van der Waals surface area contributed by atoms with Crippen LogP contribution in [0.5, 0.6) is 11.5 Å². The molecule has 0 saturated heterocycles. The van der Waals surface area contributed by atoms with E-state index in [-0.39, 0.29) is 23.7 Å². The molecule has 1 aromatic heterocycles. The number of fused-ring (bicyclic) bond motifs is 1. The van der Waals surface area contributed by atoms with Crippen molar-refractivity contribution in [3.8, 4) is 11.5 Å². The lowest BCUT2D eigenvalue weighted by molar-refractivity contribution is 0.102. The topological polar surface area (TPSA) is 59.9 Å². The zero-order valence-electron chi connectivity index (χ0n) is 24.9. The van der Waals surface area contributed by atoms with Gasteiger partial charge in [-0.2, -0.15) is 0 Å². The Bertz CT molecular complexity index is 1610. The fourth-order valence-electron chi connectivity index (χ4n) is 5.23. The third-order valence-corrected chi connectivity index (χ3v) is 9.12. The Morgan fingerprint density at radius 2 is 1.81 bits per heavy atom. The molecule has 1 N–H and O–H groups in total. The second kappa shape index (κ2) is 13.3. The van der Waals surface area contributed by atoms with E-state index in [1.165, 1.54) is 17.0 Å². The SMILES string of the molecule is CCOc1cc(C=Nc2sc3c(c2C(=O)Nc2ccc(Cl)cc2)CC[C@H](C(C)(C)C)C3)ccc1OCc1ccc(F)cc1. The lowest BCUT2D eigenvalue weighted by Crippen LogP contribution is -2.27. The van der Waals surface area contributed by atoms with Crippen LogP contribution in [0.4, 0.5) is 15.1 Å². The minimum atomic E-state index is -0.284. The summed E-state index contributed by atoms with van der Waals surface area (Å²) in [5.41, 5.74) is 4.29. The number of nitrogens with one attached hydrogen (secondary N) is 1. The normalized spacial score (nSPS) is 14.9. The van der Waals surface area contributed by atoms with E-state index in [9.17, 15) is 9.18 Å². The van der Waals surface area contributed by atoms with Crippen molar-refractivity contribution < 1.29 is 18.7 Å². The molecule has 0 fully saturated rings. The number of carbonyl (C=O) groups is 1. The molecule has 5 rings (SSSR count). The highest BCUT2D eigenvalue weighted by atomic mass is 35.5. The summed E-state index contributed by atoms with van der Waals surface area (Å²) in [4.78, 5) is 19.8. The summed E-state index contributed by atoms with van der Waals surface area (Å²) >= 11 is 7.65. The van der Waals surface area contributed by atoms with Gasteiger partial charge in [0.25, 0.3) is 5.91 Å². The number of thiophene rings is 1.